The molecule has 23 heavy (non-hydrogen) atoms. The van der Waals surface area contributed by atoms with Gasteiger partial charge in [-0.1, -0.05) is 26.0 Å². The van der Waals surface area contributed by atoms with Gasteiger partial charge in [-0.15, -0.1) is 0 Å². The largest absolute Gasteiger partial charge is 0.437 e. The van der Waals surface area contributed by atoms with Gasteiger partial charge >= 0.3 is 0 Å². The first-order valence-electron chi connectivity index (χ1n) is 7.80. The number of likely N-dealkylation sites (N-methyl/N-ethyl adjacent to an activating group) is 1. The first-order chi connectivity index (χ1) is 11.1. The summed E-state index contributed by atoms with van der Waals surface area (Å²) in [5.74, 6) is 2.04. The van der Waals surface area contributed by atoms with Crippen molar-refractivity contribution in [2.24, 2.45) is 0 Å². The van der Waals surface area contributed by atoms with Gasteiger partial charge in [0.05, 0.1) is 6.61 Å². The van der Waals surface area contributed by atoms with Crippen LogP contribution < -0.4 is 15.4 Å². The van der Waals surface area contributed by atoms with Gasteiger partial charge in [0.2, 0.25) is 5.88 Å². The van der Waals surface area contributed by atoms with E-state index in [1.165, 1.54) is 11.9 Å². The Balaban J connectivity index is 2.23. The van der Waals surface area contributed by atoms with Crippen LogP contribution in [0.25, 0.3) is 0 Å². The zero-order chi connectivity index (χ0) is 16.8. The second-order valence-corrected chi connectivity index (χ2v) is 5.55. The van der Waals surface area contributed by atoms with E-state index in [0.29, 0.717) is 42.1 Å². The molecule has 0 aliphatic rings. The second-order valence-electron chi connectivity index (χ2n) is 5.55. The summed E-state index contributed by atoms with van der Waals surface area (Å²) in [6, 6.07) is 7.87. The number of rotatable bonds is 7. The fourth-order valence-electron chi connectivity index (χ4n) is 2.27. The Morgan fingerprint density at radius 1 is 1.22 bits per heavy atom. The van der Waals surface area contributed by atoms with Crippen LogP contribution in [0.4, 0.5) is 11.5 Å². The molecule has 0 spiro atoms. The highest BCUT2D eigenvalue weighted by Crippen LogP contribution is 2.31. The highest BCUT2D eigenvalue weighted by Gasteiger charge is 2.15. The van der Waals surface area contributed by atoms with Crippen molar-refractivity contribution in [1.82, 2.24) is 9.97 Å². The number of nitrogens with zero attached hydrogens (tertiary/aromatic N) is 3. The van der Waals surface area contributed by atoms with Crippen molar-refractivity contribution in [2.75, 3.05) is 30.3 Å². The van der Waals surface area contributed by atoms with Crippen molar-refractivity contribution in [1.29, 1.82) is 0 Å². The van der Waals surface area contributed by atoms with Gasteiger partial charge in [0.1, 0.15) is 17.8 Å². The highest BCUT2D eigenvalue weighted by atomic mass is 16.5. The molecule has 0 unspecified atom stereocenters. The van der Waals surface area contributed by atoms with Gasteiger partial charge in [0.15, 0.2) is 5.82 Å². The van der Waals surface area contributed by atoms with E-state index in [9.17, 15) is 0 Å². The molecule has 0 saturated carbocycles. The third-order valence-electron chi connectivity index (χ3n) is 3.64. The SMILES string of the molecule is CCN(CCO)c1ncnc(Oc2ccc(C(C)C)cc2)c1N. The molecule has 1 aromatic heterocycles. The minimum atomic E-state index is 0.0319. The molecule has 0 radical (unpaired) electrons. The normalized spacial score (nSPS) is 10.8. The summed E-state index contributed by atoms with van der Waals surface area (Å²) in [4.78, 5) is 10.2. The summed E-state index contributed by atoms with van der Waals surface area (Å²) >= 11 is 0. The lowest BCUT2D eigenvalue weighted by atomic mass is 10.0. The number of aromatic nitrogens is 2. The predicted molar refractivity (Wildman–Crippen MR) is 92.0 cm³/mol. The zero-order valence-electron chi connectivity index (χ0n) is 13.9. The van der Waals surface area contributed by atoms with Crippen molar-refractivity contribution < 1.29 is 9.84 Å². The number of hydrogen-bond acceptors (Lipinski definition) is 6. The predicted octanol–water partition coefficient (Wildman–Crippen LogP) is 2.79. The molecule has 6 heteroatoms. The minimum Gasteiger partial charge on any atom is -0.437 e. The molecule has 0 saturated heterocycles. The van der Waals surface area contributed by atoms with Gasteiger partial charge in [-0.2, -0.15) is 4.98 Å². The minimum absolute atomic E-state index is 0.0319. The van der Waals surface area contributed by atoms with E-state index >= 15 is 0 Å². The molecule has 0 bridgehead atoms. The van der Waals surface area contributed by atoms with E-state index in [1.807, 2.05) is 36.1 Å². The summed E-state index contributed by atoms with van der Waals surface area (Å²) in [5, 5.41) is 9.14. The molecular formula is C17H24N4O2. The number of anilines is 2. The first-order valence-corrected chi connectivity index (χ1v) is 7.80. The number of nitrogen functional groups attached to an aromatic ring is 1. The maximum atomic E-state index is 9.14. The van der Waals surface area contributed by atoms with E-state index in [0.717, 1.165) is 0 Å². The van der Waals surface area contributed by atoms with Crippen LogP contribution in [0.2, 0.25) is 0 Å². The molecule has 0 fully saturated rings. The van der Waals surface area contributed by atoms with Gasteiger partial charge in [0, 0.05) is 13.1 Å². The summed E-state index contributed by atoms with van der Waals surface area (Å²) in [6.07, 6.45) is 1.42. The average Bonchev–Trinajstić information content (AvgIpc) is 2.55. The Kier molecular flexibility index (Phi) is 5.76. The third kappa shape index (κ3) is 4.10. The number of aliphatic hydroxyl groups is 1. The van der Waals surface area contributed by atoms with E-state index < -0.39 is 0 Å². The molecule has 124 valence electrons. The zero-order valence-corrected chi connectivity index (χ0v) is 13.9. The van der Waals surface area contributed by atoms with Crippen LogP contribution in [0.5, 0.6) is 11.6 Å². The molecule has 0 aliphatic carbocycles. The van der Waals surface area contributed by atoms with E-state index in [-0.39, 0.29) is 6.61 Å². The Bertz CT molecular complexity index is 629. The molecule has 0 atom stereocenters. The molecule has 2 rings (SSSR count). The van der Waals surface area contributed by atoms with Crippen molar-refractivity contribution in [3.63, 3.8) is 0 Å². The van der Waals surface area contributed by atoms with Crippen LogP contribution in [0.15, 0.2) is 30.6 Å². The number of hydrogen-bond donors (Lipinski definition) is 2. The maximum Gasteiger partial charge on any atom is 0.248 e. The van der Waals surface area contributed by atoms with Gasteiger partial charge < -0.3 is 20.5 Å². The smallest absolute Gasteiger partial charge is 0.248 e. The van der Waals surface area contributed by atoms with E-state index in [1.54, 1.807) is 0 Å². The van der Waals surface area contributed by atoms with E-state index in [2.05, 4.69) is 23.8 Å². The Morgan fingerprint density at radius 3 is 2.48 bits per heavy atom. The van der Waals surface area contributed by atoms with Crippen LogP contribution in [-0.4, -0.2) is 34.8 Å². The lowest BCUT2D eigenvalue weighted by Gasteiger charge is -2.22. The fraction of sp³-hybridized carbons (Fsp3) is 0.412. The molecule has 0 aliphatic heterocycles. The van der Waals surface area contributed by atoms with E-state index in [4.69, 9.17) is 15.6 Å². The standard InChI is InChI=1S/C17H24N4O2/c1-4-21(9-10-22)16-15(18)17(20-11-19-16)23-14-7-5-13(6-8-14)12(2)3/h5-8,11-12,22H,4,9-10,18H2,1-3H3. The average molecular weight is 316 g/mol. The molecule has 0 amide bonds. The van der Waals surface area contributed by atoms with Crippen LogP contribution in [0.3, 0.4) is 0 Å². The molecule has 1 aromatic carbocycles. The lowest BCUT2D eigenvalue weighted by molar-refractivity contribution is 0.302. The van der Waals surface area contributed by atoms with Crippen molar-refractivity contribution in [3.05, 3.63) is 36.2 Å². The maximum absolute atomic E-state index is 9.14. The quantitative estimate of drug-likeness (QED) is 0.817. The Hall–Kier alpha value is -2.34. The first kappa shape index (κ1) is 17.0. The van der Waals surface area contributed by atoms with Crippen LogP contribution >= 0.6 is 0 Å². The second kappa shape index (κ2) is 7.78. The molecule has 6 nitrogen and oxygen atoms in total. The van der Waals surface area contributed by atoms with Crippen molar-refractivity contribution in [3.8, 4) is 11.6 Å². The Morgan fingerprint density at radius 2 is 1.91 bits per heavy atom. The monoisotopic (exact) mass is 316 g/mol. The van der Waals surface area contributed by atoms with Crippen molar-refractivity contribution >= 4 is 11.5 Å². The molecular weight excluding hydrogens is 292 g/mol. The van der Waals surface area contributed by atoms with Gasteiger partial charge in [-0.25, -0.2) is 4.98 Å². The Labute approximate surface area is 136 Å². The lowest BCUT2D eigenvalue weighted by Crippen LogP contribution is -2.28. The number of ether oxygens (including phenoxy) is 1. The topological polar surface area (TPSA) is 84.5 Å². The van der Waals surface area contributed by atoms with Crippen molar-refractivity contribution in [2.45, 2.75) is 26.7 Å². The summed E-state index contributed by atoms with van der Waals surface area (Å²) in [6.45, 7) is 7.44. The van der Waals surface area contributed by atoms with Gasteiger partial charge in [-0.05, 0) is 30.5 Å². The number of aliphatic hydroxyl groups excluding tert-OH is 1. The number of nitrogens with two attached hydrogens (primary N) is 1. The third-order valence-corrected chi connectivity index (χ3v) is 3.64. The van der Waals surface area contributed by atoms with Gasteiger partial charge in [0.25, 0.3) is 0 Å². The molecule has 1 heterocycles. The molecule has 2 aromatic rings. The summed E-state index contributed by atoms with van der Waals surface area (Å²) in [5.41, 5.74) is 7.76. The van der Waals surface area contributed by atoms with Crippen LogP contribution in [-0.2, 0) is 0 Å². The van der Waals surface area contributed by atoms with Crippen LogP contribution in [0.1, 0.15) is 32.3 Å². The molecule has 3 N–H and O–H groups in total. The highest BCUT2D eigenvalue weighted by molar-refractivity contribution is 5.68. The fourth-order valence-corrected chi connectivity index (χ4v) is 2.27. The number of benzene rings is 1. The van der Waals surface area contributed by atoms with Crippen LogP contribution in [0, 0.1) is 0 Å². The van der Waals surface area contributed by atoms with Gasteiger partial charge in [-0.3, -0.25) is 0 Å². The summed E-state index contributed by atoms with van der Waals surface area (Å²) in [7, 11) is 0. The summed E-state index contributed by atoms with van der Waals surface area (Å²) < 4.78 is 5.79.